The topological polar surface area (TPSA) is 57.2 Å². The van der Waals surface area contributed by atoms with Crippen LogP contribution in [0.15, 0.2) is 82.4 Å². The highest BCUT2D eigenvalue weighted by atomic mass is 79.9. The summed E-state index contributed by atoms with van der Waals surface area (Å²) in [6.07, 6.45) is 1.28. The van der Waals surface area contributed by atoms with Crippen LogP contribution in [0.3, 0.4) is 0 Å². The predicted octanol–water partition coefficient (Wildman–Crippen LogP) is 5.50. The van der Waals surface area contributed by atoms with E-state index in [-0.39, 0.29) is 5.56 Å². The van der Waals surface area contributed by atoms with Gasteiger partial charge in [-0.25, -0.2) is 9.82 Å². The lowest BCUT2D eigenvalue weighted by molar-refractivity contribution is 0.0951. The first-order valence-corrected chi connectivity index (χ1v) is 9.37. The fourth-order valence-corrected chi connectivity index (χ4v) is 3.37. The zero-order valence-corrected chi connectivity index (χ0v) is 16.2. The van der Waals surface area contributed by atoms with Gasteiger partial charge in [0.2, 0.25) is 0 Å². The number of amides is 1. The van der Waals surface area contributed by atoms with Gasteiger partial charge in [-0.15, -0.1) is 0 Å². The van der Waals surface area contributed by atoms with E-state index < -0.39 is 11.7 Å². The highest BCUT2D eigenvalue weighted by molar-refractivity contribution is 9.10. The molecule has 28 heavy (non-hydrogen) atoms. The number of H-pyrrole nitrogens is 1. The Hall–Kier alpha value is -3.25. The Kier molecular flexibility index (Phi) is 5.04. The molecule has 0 bridgehead atoms. The minimum Gasteiger partial charge on any atom is -0.350 e. The van der Waals surface area contributed by atoms with Crippen LogP contribution in [0.4, 0.5) is 4.39 Å². The highest BCUT2D eigenvalue weighted by Crippen LogP contribution is 2.32. The molecule has 4 nitrogen and oxygen atoms in total. The van der Waals surface area contributed by atoms with Gasteiger partial charge >= 0.3 is 0 Å². The quantitative estimate of drug-likeness (QED) is 0.322. The molecule has 0 aliphatic carbocycles. The van der Waals surface area contributed by atoms with Crippen molar-refractivity contribution >= 4 is 39.0 Å². The summed E-state index contributed by atoms with van der Waals surface area (Å²) >= 11 is 3.21. The molecule has 0 saturated carbocycles. The molecule has 1 amide bonds. The van der Waals surface area contributed by atoms with E-state index in [0.29, 0.717) is 10.2 Å². The van der Waals surface area contributed by atoms with Gasteiger partial charge in [-0.2, -0.15) is 5.10 Å². The number of para-hydroxylation sites is 1. The van der Waals surface area contributed by atoms with E-state index in [1.165, 1.54) is 12.3 Å². The third kappa shape index (κ3) is 3.59. The number of fused-ring (bicyclic) bond motifs is 1. The van der Waals surface area contributed by atoms with Crippen LogP contribution in [-0.4, -0.2) is 17.1 Å². The van der Waals surface area contributed by atoms with E-state index in [2.05, 4.69) is 31.4 Å². The van der Waals surface area contributed by atoms with Gasteiger partial charge in [-0.05, 0) is 29.8 Å². The summed E-state index contributed by atoms with van der Waals surface area (Å²) in [4.78, 5) is 15.9. The Morgan fingerprint density at radius 1 is 1.04 bits per heavy atom. The molecule has 0 atom stereocenters. The number of nitrogens with zero attached hydrogens (tertiary/aromatic N) is 1. The van der Waals surface area contributed by atoms with Gasteiger partial charge in [0.1, 0.15) is 11.5 Å². The van der Waals surface area contributed by atoms with Crippen molar-refractivity contribution < 1.29 is 9.18 Å². The second-order valence-electron chi connectivity index (χ2n) is 6.15. The van der Waals surface area contributed by atoms with Crippen molar-refractivity contribution in [3.8, 4) is 11.1 Å². The molecule has 0 aliphatic rings. The predicted molar refractivity (Wildman–Crippen MR) is 113 cm³/mol. The van der Waals surface area contributed by atoms with Crippen molar-refractivity contribution in [2.75, 3.05) is 0 Å². The first kappa shape index (κ1) is 18.1. The summed E-state index contributed by atoms with van der Waals surface area (Å²) in [7, 11) is 0. The zero-order valence-electron chi connectivity index (χ0n) is 14.6. The molecular formula is C22H15BrFN3O. The number of hydrogen-bond acceptors (Lipinski definition) is 2. The van der Waals surface area contributed by atoms with Gasteiger partial charge in [-0.3, -0.25) is 4.79 Å². The Morgan fingerprint density at radius 2 is 1.79 bits per heavy atom. The van der Waals surface area contributed by atoms with Crippen molar-refractivity contribution in [3.63, 3.8) is 0 Å². The molecule has 2 N–H and O–H groups in total. The van der Waals surface area contributed by atoms with Gasteiger partial charge in [0.15, 0.2) is 0 Å². The number of benzene rings is 3. The Bertz CT molecular complexity index is 1190. The van der Waals surface area contributed by atoms with Gasteiger partial charge < -0.3 is 4.98 Å². The normalized spacial score (nSPS) is 11.2. The van der Waals surface area contributed by atoms with E-state index in [1.54, 1.807) is 12.1 Å². The molecule has 0 aliphatic heterocycles. The molecule has 4 aromatic rings. The second-order valence-corrected chi connectivity index (χ2v) is 7.07. The molecule has 0 spiro atoms. The van der Waals surface area contributed by atoms with Crippen LogP contribution >= 0.6 is 15.9 Å². The summed E-state index contributed by atoms with van der Waals surface area (Å²) in [6, 6.07) is 22.0. The van der Waals surface area contributed by atoms with Gasteiger partial charge in [-0.1, -0.05) is 64.5 Å². The van der Waals surface area contributed by atoms with Gasteiger partial charge in [0, 0.05) is 26.5 Å². The van der Waals surface area contributed by atoms with E-state index in [4.69, 9.17) is 0 Å². The summed E-state index contributed by atoms with van der Waals surface area (Å²) in [5.74, 6) is -0.827. The number of aromatic nitrogens is 1. The lowest BCUT2D eigenvalue weighted by Gasteiger charge is -2.04. The molecule has 4 rings (SSSR count). The van der Waals surface area contributed by atoms with E-state index >= 15 is 0 Å². The third-order valence-electron chi connectivity index (χ3n) is 4.33. The maximum atomic E-state index is 13.9. The molecular weight excluding hydrogens is 421 g/mol. The van der Waals surface area contributed by atoms with Gasteiger partial charge in [0.25, 0.3) is 5.91 Å². The second kappa shape index (κ2) is 7.78. The van der Waals surface area contributed by atoms with E-state index in [1.807, 2.05) is 54.6 Å². The average Bonchev–Trinajstić information content (AvgIpc) is 3.10. The van der Waals surface area contributed by atoms with Crippen molar-refractivity contribution in [1.82, 2.24) is 10.4 Å². The number of halogens is 2. The number of carbonyl (C=O) groups excluding carboxylic acids is 1. The monoisotopic (exact) mass is 435 g/mol. The van der Waals surface area contributed by atoms with Gasteiger partial charge in [0.05, 0.1) is 6.21 Å². The van der Waals surface area contributed by atoms with Crippen LogP contribution in [-0.2, 0) is 0 Å². The molecule has 6 heteroatoms. The lowest BCUT2D eigenvalue weighted by atomic mass is 10.0. The number of nitrogens with one attached hydrogen (secondary N) is 2. The molecule has 1 aromatic heterocycles. The highest BCUT2D eigenvalue weighted by Gasteiger charge is 2.18. The number of hydrazone groups is 1. The number of carbonyl (C=O) groups is 1. The smallest absolute Gasteiger partial charge is 0.288 e. The van der Waals surface area contributed by atoms with Crippen LogP contribution in [0, 0.1) is 5.82 Å². The molecule has 0 unspecified atom stereocenters. The number of aromatic amines is 1. The molecule has 3 aromatic carbocycles. The third-order valence-corrected chi connectivity index (χ3v) is 4.82. The molecule has 0 saturated heterocycles. The van der Waals surface area contributed by atoms with Crippen LogP contribution in [0.2, 0.25) is 0 Å². The summed E-state index contributed by atoms with van der Waals surface area (Å²) in [5.41, 5.74) is 5.75. The minimum atomic E-state index is -0.428. The van der Waals surface area contributed by atoms with Crippen molar-refractivity contribution in [2.45, 2.75) is 0 Å². The van der Waals surface area contributed by atoms with E-state index in [9.17, 15) is 9.18 Å². The molecule has 138 valence electrons. The lowest BCUT2D eigenvalue weighted by Crippen LogP contribution is -2.19. The van der Waals surface area contributed by atoms with Crippen LogP contribution in [0.1, 0.15) is 16.1 Å². The molecule has 1 heterocycles. The largest absolute Gasteiger partial charge is 0.350 e. The Labute approximate surface area is 169 Å². The Morgan fingerprint density at radius 3 is 2.57 bits per heavy atom. The maximum absolute atomic E-state index is 13.9. The van der Waals surface area contributed by atoms with Crippen LogP contribution in [0.5, 0.6) is 0 Å². The average molecular weight is 436 g/mol. The summed E-state index contributed by atoms with van der Waals surface area (Å²) in [6.45, 7) is 0. The fraction of sp³-hybridized carbons (Fsp3) is 0. The zero-order chi connectivity index (χ0) is 19.5. The standard InChI is InChI=1S/C22H15BrFN3O/c23-16-11-10-15(18(24)12-16)13-25-27-22(28)21-20(14-6-2-1-3-7-14)17-8-4-5-9-19(17)26-21/h1-13,26H,(H,27,28)/b25-13-. The van der Waals surface area contributed by atoms with Crippen molar-refractivity contribution in [1.29, 1.82) is 0 Å². The minimum absolute atomic E-state index is 0.281. The first-order chi connectivity index (χ1) is 13.6. The van der Waals surface area contributed by atoms with Crippen molar-refractivity contribution in [2.24, 2.45) is 5.10 Å². The first-order valence-electron chi connectivity index (χ1n) is 8.58. The fourth-order valence-electron chi connectivity index (χ4n) is 3.04. The van der Waals surface area contributed by atoms with Crippen molar-refractivity contribution in [3.05, 3.63) is 94.3 Å². The number of rotatable bonds is 4. The molecule has 0 radical (unpaired) electrons. The van der Waals surface area contributed by atoms with Crippen LogP contribution < -0.4 is 5.43 Å². The Balaban J connectivity index is 1.67. The maximum Gasteiger partial charge on any atom is 0.288 e. The van der Waals surface area contributed by atoms with Crippen LogP contribution in [0.25, 0.3) is 22.0 Å². The molecule has 0 fully saturated rings. The summed E-state index contributed by atoms with van der Waals surface area (Å²) in [5, 5.41) is 4.86. The number of hydrogen-bond donors (Lipinski definition) is 2. The SMILES string of the molecule is O=C(N/N=C\c1ccc(Br)cc1F)c1[nH]c2ccccc2c1-c1ccccc1. The summed E-state index contributed by atoms with van der Waals surface area (Å²) < 4.78 is 14.5. The van der Waals surface area contributed by atoms with E-state index in [0.717, 1.165) is 22.0 Å².